The minimum Gasteiger partial charge on any atom is -0.256 e. The average molecular weight is 315 g/mol. The standard InChI is InChI=1S/C23H25N/c1-16(2)12-21-14-23(24-15-18(21)4)20-11-10-17(3)22(13-20)19-8-6-5-7-9-19/h5-11,13-16H,12H2,1-4H3. The number of benzene rings is 2. The molecule has 1 aromatic heterocycles. The summed E-state index contributed by atoms with van der Waals surface area (Å²) < 4.78 is 0. The van der Waals surface area contributed by atoms with Crippen molar-refractivity contribution in [2.75, 3.05) is 0 Å². The van der Waals surface area contributed by atoms with Gasteiger partial charge in [-0.15, -0.1) is 0 Å². The van der Waals surface area contributed by atoms with E-state index in [1.54, 1.807) is 0 Å². The van der Waals surface area contributed by atoms with Crippen LogP contribution in [0.15, 0.2) is 60.8 Å². The molecule has 0 spiro atoms. The van der Waals surface area contributed by atoms with Gasteiger partial charge in [0.1, 0.15) is 0 Å². The Morgan fingerprint density at radius 3 is 2.29 bits per heavy atom. The molecular formula is C23H25N. The van der Waals surface area contributed by atoms with E-state index in [0.29, 0.717) is 5.92 Å². The van der Waals surface area contributed by atoms with E-state index in [-0.39, 0.29) is 0 Å². The maximum absolute atomic E-state index is 4.68. The second-order valence-corrected chi connectivity index (χ2v) is 6.99. The number of aromatic nitrogens is 1. The number of hydrogen-bond donors (Lipinski definition) is 0. The molecule has 0 saturated heterocycles. The minimum absolute atomic E-state index is 0.650. The Hall–Kier alpha value is -2.41. The molecule has 1 heterocycles. The van der Waals surface area contributed by atoms with E-state index >= 15 is 0 Å². The van der Waals surface area contributed by atoms with Gasteiger partial charge in [-0.25, -0.2) is 0 Å². The Balaban J connectivity index is 2.04. The predicted octanol–water partition coefficient (Wildman–Crippen LogP) is 6.23. The second-order valence-electron chi connectivity index (χ2n) is 6.99. The molecule has 1 heteroatoms. The molecule has 0 N–H and O–H groups in total. The van der Waals surface area contributed by atoms with Gasteiger partial charge in [-0.1, -0.05) is 56.3 Å². The fraction of sp³-hybridized carbons (Fsp3) is 0.261. The van der Waals surface area contributed by atoms with E-state index in [1.807, 2.05) is 6.20 Å². The van der Waals surface area contributed by atoms with Gasteiger partial charge in [-0.2, -0.15) is 0 Å². The van der Waals surface area contributed by atoms with Gasteiger partial charge in [-0.05, 0) is 66.1 Å². The molecule has 0 saturated carbocycles. The molecule has 0 aliphatic rings. The number of rotatable bonds is 4. The van der Waals surface area contributed by atoms with E-state index in [2.05, 4.69) is 87.3 Å². The van der Waals surface area contributed by atoms with E-state index < -0.39 is 0 Å². The van der Waals surface area contributed by atoms with Crippen molar-refractivity contribution in [3.63, 3.8) is 0 Å². The first-order valence-corrected chi connectivity index (χ1v) is 8.66. The topological polar surface area (TPSA) is 12.9 Å². The highest BCUT2D eigenvalue weighted by atomic mass is 14.7. The lowest BCUT2D eigenvalue weighted by Gasteiger charge is -2.12. The van der Waals surface area contributed by atoms with Crippen LogP contribution in [-0.4, -0.2) is 4.98 Å². The van der Waals surface area contributed by atoms with Crippen molar-refractivity contribution < 1.29 is 0 Å². The summed E-state index contributed by atoms with van der Waals surface area (Å²) in [6.45, 7) is 8.84. The van der Waals surface area contributed by atoms with Crippen LogP contribution in [0.4, 0.5) is 0 Å². The summed E-state index contributed by atoms with van der Waals surface area (Å²) in [5.41, 5.74) is 8.75. The van der Waals surface area contributed by atoms with Crippen LogP contribution in [0.2, 0.25) is 0 Å². The largest absolute Gasteiger partial charge is 0.256 e. The second kappa shape index (κ2) is 7.00. The lowest BCUT2D eigenvalue weighted by Crippen LogP contribution is -1.99. The summed E-state index contributed by atoms with van der Waals surface area (Å²) >= 11 is 0. The first-order chi connectivity index (χ1) is 11.5. The Morgan fingerprint density at radius 2 is 1.58 bits per heavy atom. The summed E-state index contributed by atoms with van der Waals surface area (Å²) in [4.78, 5) is 4.68. The number of nitrogens with zero attached hydrogens (tertiary/aromatic N) is 1. The van der Waals surface area contributed by atoms with Gasteiger partial charge in [-0.3, -0.25) is 4.98 Å². The van der Waals surface area contributed by atoms with Crippen molar-refractivity contribution >= 4 is 0 Å². The van der Waals surface area contributed by atoms with Crippen LogP contribution in [-0.2, 0) is 6.42 Å². The number of pyridine rings is 1. The maximum atomic E-state index is 4.68. The molecule has 0 fully saturated rings. The van der Waals surface area contributed by atoms with Crippen molar-refractivity contribution in [3.05, 3.63) is 77.5 Å². The molecule has 3 aromatic rings. The molecule has 122 valence electrons. The van der Waals surface area contributed by atoms with Gasteiger partial charge in [0.05, 0.1) is 5.69 Å². The lowest BCUT2D eigenvalue weighted by atomic mass is 9.95. The van der Waals surface area contributed by atoms with Crippen molar-refractivity contribution in [3.8, 4) is 22.4 Å². The molecule has 24 heavy (non-hydrogen) atoms. The van der Waals surface area contributed by atoms with Crippen molar-refractivity contribution in [1.82, 2.24) is 4.98 Å². The van der Waals surface area contributed by atoms with E-state index in [9.17, 15) is 0 Å². The summed E-state index contributed by atoms with van der Waals surface area (Å²) in [5.74, 6) is 0.650. The Morgan fingerprint density at radius 1 is 0.833 bits per heavy atom. The van der Waals surface area contributed by atoms with Crippen LogP contribution in [0, 0.1) is 19.8 Å². The van der Waals surface area contributed by atoms with Gasteiger partial charge >= 0.3 is 0 Å². The highest BCUT2D eigenvalue weighted by Crippen LogP contribution is 2.29. The monoisotopic (exact) mass is 315 g/mol. The highest BCUT2D eigenvalue weighted by molar-refractivity contribution is 5.74. The molecule has 0 unspecified atom stereocenters. The Bertz CT molecular complexity index is 832. The summed E-state index contributed by atoms with van der Waals surface area (Å²) in [7, 11) is 0. The third kappa shape index (κ3) is 3.56. The number of hydrogen-bond acceptors (Lipinski definition) is 1. The van der Waals surface area contributed by atoms with Crippen molar-refractivity contribution in [2.24, 2.45) is 5.92 Å². The summed E-state index contributed by atoms with van der Waals surface area (Å²) in [6, 6.07) is 19.5. The van der Waals surface area contributed by atoms with Gasteiger partial charge in [0.2, 0.25) is 0 Å². The van der Waals surface area contributed by atoms with Crippen LogP contribution in [0.1, 0.15) is 30.5 Å². The normalized spacial score (nSPS) is 11.0. The fourth-order valence-corrected chi connectivity index (χ4v) is 3.09. The van der Waals surface area contributed by atoms with Crippen molar-refractivity contribution in [1.29, 1.82) is 0 Å². The SMILES string of the molecule is Cc1cnc(-c2ccc(C)c(-c3ccccc3)c2)cc1CC(C)C. The highest BCUT2D eigenvalue weighted by Gasteiger charge is 2.09. The molecule has 0 aliphatic carbocycles. The number of aryl methyl sites for hydroxylation is 2. The maximum Gasteiger partial charge on any atom is 0.0705 e. The van der Waals surface area contributed by atoms with E-state index in [1.165, 1.54) is 33.4 Å². The molecule has 0 bridgehead atoms. The smallest absolute Gasteiger partial charge is 0.0705 e. The molecule has 1 nitrogen and oxygen atoms in total. The quantitative estimate of drug-likeness (QED) is 0.556. The van der Waals surface area contributed by atoms with Crippen LogP contribution in [0.5, 0.6) is 0 Å². The van der Waals surface area contributed by atoms with Crippen LogP contribution in [0.25, 0.3) is 22.4 Å². The first-order valence-electron chi connectivity index (χ1n) is 8.66. The predicted molar refractivity (Wildman–Crippen MR) is 103 cm³/mol. The minimum atomic E-state index is 0.650. The first kappa shape index (κ1) is 16.4. The average Bonchev–Trinajstić information content (AvgIpc) is 2.58. The third-order valence-electron chi connectivity index (χ3n) is 4.46. The summed E-state index contributed by atoms with van der Waals surface area (Å²) in [6.07, 6.45) is 3.11. The van der Waals surface area contributed by atoms with E-state index in [0.717, 1.165) is 12.1 Å². The third-order valence-corrected chi connectivity index (χ3v) is 4.46. The fourth-order valence-electron chi connectivity index (χ4n) is 3.09. The molecule has 0 aliphatic heterocycles. The molecule has 0 amide bonds. The molecule has 0 atom stereocenters. The van der Waals surface area contributed by atoms with Gasteiger partial charge in [0.25, 0.3) is 0 Å². The van der Waals surface area contributed by atoms with Crippen molar-refractivity contribution in [2.45, 2.75) is 34.1 Å². The van der Waals surface area contributed by atoms with E-state index in [4.69, 9.17) is 0 Å². The zero-order valence-corrected chi connectivity index (χ0v) is 15.0. The molecular weight excluding hydrogens is 290 g/mol. The Kier molecular flexibility index (Phi) is 4.80. The zero-order chi connectivity index (χ0) is 17.1. The zero-order valence-electron chi connectivity index (χ0n) is 15.0. The van der Waals surface area contributed by atoms with Gasteiger partial charge in [0, 0.05) is 11.8 Å². The lowest BCUT2D eigenvalue weighted by molar-refractivity contribution is 0.644. The van der Waals surface area contributed by atoms with Crippen LogP contribution < -0.4 is 0 Å². The van der Waals surface area contributed by atoms with Gasteiger partial charge in [0.15, 0.2) is 0 Å². The molecule has 2 aromatic carbocycles. The van der Waals surface area contributed by atoms with Crippen LogP contribution in [0.3, 0.4) is 0 Å². The Labute approximate surface area is 145 Å². The summed E-state index contributed by atoms with van der Waals surface area (Å²) in [5, 5.41) is 0. The molecule has 3 rings (SSSR count). The van der Waals surface area contributed by atoms with Gasteiger partial charge < -0.3 is 0 Å². The molecule has 0 radical (unpaired) electrons. The van der Waals surface area contributed by atoms with Crippen LogP contribution >= 0.6 is 0 Å².